The Bertz CT molecular complexity index is 1400. The molecule has 2 N–H and O–H groups in total. The molecule has 11 nitrogen and oxygen atoms in total. The van der Waals surface area contributed by atoms with Crippen LogP contribution in [-0.2, 0) is 42.2 Å². The lowest BCUT2D eigenvalue weighted by Gasteiger charge is -2.21. The van der Waals surface area contributed by atoms with E-state index in [1.54, 1.807) is 0 Å². The molecule has 460 valence electrons. The number of aliphatic hydroxyl groups is 1. The van der Waals surface area contributed by atoms with Crippen LogP contribution in [0.1, 0.15) is 342 Å². The molecule has 12 heteroatoms. The number of hydrogen-bond acceptors (Lipinski definition) is 10. The van der Waals surface area contributed by atoms with E-state index in [2.05, 4.69) is 45.1 Å². The second-order valence-electron chi connectivity index (χ2n) is 22.7. The van der Waals surface area contributed by atoms with Crippen molar-refractivity contribution in [1.82, 2.24) is 0 Å². The first kappa shape index (κ1) is 76.0. The van der Waals surface area contributed by atoms with Crippen LogP contribution in [0.4, 0.5) is 0 Å². The van der Waals surface area contributed by atoms with E-state index in [4.69, 9.17) is 23.3 Å². The van der Waals surface area contributed by atoms with Crippen molar-refractivity contribution in [2.45, 2.75) is 354 Å². The summed E-state index contributed by atoms with van der Waals surface area (Å²) >= 11 is 0. The van der Waals surface area contributed by atoms with Crippen LogP contribution in [0.2, 0.25) is 0 Å². The molecule has 78 heavy (non-hydrogen) atoms. The van der Waals surface area contributed by atoms with E-state index in [-0.39, 0.29) is 25.9 Å². The highest BCUT2D eigenvalue weighted by molar-refractivity contribution is 7.47. The third kappa shape index (κ3) is 58.6. The molecule has 0 amide bonds. The van der Waals surface area contributed by atoms with E-state index in [9.17, 15) is 28.9 Å². The average Bonchev–Trinajstić information content (AvgIpc) is 3.43. The van der Waals surface area contributed by atoms with Crippen molar-refractivity contribution in [1.29, 1.82) is 0 Å². The molecule has 0 saturated carbocycles. The number of esters is 3. The molecule has 0 aliphatic heterocycles. The van der Waals surface area contributed by atoms with Crippen molar-refractivity contribution in [3.8, 4) is 0 Å². The fourth-order valence-corrected chi connectivity index (χ4v) is 10.6. The molecule has 0 aromatic heterocycles. The summed E-state index contributed by atoms with van der Waals surface area (Å²) in [5.41, 5.74) is 0. The number of rotatable bonds is 63. The fourth-order valence-electron chi connectivity index (χ4n) is 9.80. The van der Waals surface area contributed by atoms with Crippen LogP contribution in [0.5, 0.6) is 0 Å². The Balaban J connectivity index is 4.59. The molecule has 0 heterocycles. The maximum Gasteiger partial charge on any atom is 0.472 e. The van der Waals surface area contributed by atoms with E-state index < -0.39 is 57.8 Å². The van der Waals surface area contributed by atoms with Crippen molar-refractivity contribution < 1.29 is 52.2 Å². The highest BCUT2D eigenvalue weighted by atomic mass is 31.2. The lowest BCUT2D eigenvalue weighted by molar-refractivity contribution is -0.161. The average molecular weight is 1130 g/mol. The van der Waals surface area contributed by atoms with Crippen LogP contribution in [0.15, 0.2) is 24.3 Å². The first-order valence-corrected chi connectivity index (χ1v) is 34.7. The first-order valence-electron chi connectivity index (χ1n) is 33.2. The third-order valence-electron chi connectivity index (χ3n) is 14.9. The largest absolute Gasteiger partial charge is 0.472 e. The summed E-state index contributed by atoms with van der Waals surface area (Å²) in [5.74, 6) is -1.43. The number of carbonyl (C=O) groups is 3. The van der Waals surface area contributed by atoms with Crippen LogP contribution in [0.25, 0.3) is 0 Å². The maximum atomic E-state index is 13.0. The van der Waals surface area contributed by atoms with Gasteiger partial charge in [0.05, 0.1) is 19.8 Å². The van der Waals surface area contributed by atoms with Gasteiger partial charge in [-0.05, 0) is 51.4 Å². The Kier molecular flexibility index (Phi) is 59.4. The number of ether oxygens (including phenoxy) is 3. The number of allylic oxidation sites excluding steroid dienone is 4. The smallest absolute Gasteiger partial charge is 0.462 e. The van der Waals surface area contributed by atoms with Gasteiger partial charge in [-0.15, -0.1) is 0 Å². The molecule has 0 rings (SSSR count). The molecule has 0 fully saturated rings. The zero-order valence-electron chi connectivity index (χ0n) is 51.2. The van der Waals surface area contributed by atoms with Crippen molar-refractivity contribution in [3.63, 3.8) is 0 Å². The van der Waals surface area contributed by atoms with E-state index in [1.807, 2.05) is 0 Å². The number of unbranched alkanes of at least 4 members (excludes halogenated alkanes) is 42. The molecule has 3 unspecified atom stereocenters. The summed E-state index contributed by atoms with van der Waals surface area (Å²) in [5, 5.41) is 9.86. The summed E-state index contributed by atoms with van der Waals surface area (Å²) < 4.78 is 39.7. The van der Waals surface area contributed by atoms with Gasteiger partial charge in [0.25, 0.3) is 0 Å². The van der Waals surface area contributed by atoms with E-state index in [1.165, 1.54) is 212 Å². The van der Waals surface area contributed by atoms with Gasteiger partial charge < -0.3 is 24.2 Å². The SMILES string of the molecule is CCCCC/C=C\C/C=C\CCCCCCCCCCCC(=O)OC(COC(=O)CCCCCCCCCCCCCCC)COP(=O)(O)OCC(CO)OC(=O)CCCCCCCCCCCCCCCCCCCCC. The monoisotopic (exact) mass is 1120 g/mol. The number of phosphoric ester groups is 1. The highest BCUT2D eigenvalue weighted by Gasteiger charge is 2.28. The Labute approximate surface area is 480 Å². The predicted octanol–water partition coefficient (Wildman–Crippen LogP) is 20.2. The van der Waals surface area contributed by atoms with Gasteiger partial charge in [0.2, 0.25) is 0 Å². The van der Waals surface area contributed by atoms with Crippen molar-refractivity contribution in [2.24, 2.45) is 0 Å². The summed E-state index contributed by atoms with van der Waals surface area (Å²) in [7, 11) is -4.75. The summed E-state index contributed by atoms with van der Waals surface area (Å²) in [6.45, 7) is 4.70. The standard InChI is InChI=1S/C66H125O11P/c1-4-7-10-13-16-19-22-25-27-29-31-33-35-38-41-44-47-50-53-56-65(69)76-62(58-67)60-74-78(71,72)75-61-63(59-73-64(68)55-52-49-46-43-40-37-24-21-18-15-12-9-6-3)77-66(70)57-54-51-48-45-42-39-36-34-32-30-28-26-23-20-17-14-11-8-5-2/h17,20,26,28,62-63,67H,4-16,18-19,21-25,27,29-61H2,1-3H3,(H,71,72)/b20-17-,28-26-. The molecule has 0 aromatic carbocycles. The Morgan fingerprint density at radius 3 is 0.974 bits per heavy atom. The summed E-state index contributed by atoms with van der Waals surface area (Å²) in [6, 6.07) is 0. The second kappa shape index (κ2) is 61.0. The maximum absolute atomic E-state index is 13.0. The molecule has 0 saturated heterocycles. The van der Waals surface area contributed by atoms with Gasteiger partial charge in [0, 0.05) is 19.3 Å². The Morgan fingerprint density at radius 1 is 0.359 bits per heavy atom. The summed E-state index contributed by atoms with van der Waals surface area (Å²) in [4.78, 5) is 48.8. The van der Waals surface area contributed by atoms with Crippen LogP contribution in [-0.4, -0.2) is 66.5 Å². The lowest BCUT2D eigenvalue weighted by atomic mass is 10.0. The van der Waals surface area contributed by atoms with Gasteiger partial charge in [0.15, 0.2) is 6.10 Å². The Morgan fingerprint density at radius 2 is 0.628 bits per heavy atom. The number of phosphoric acid groups is 1. The zero-order chi connectivity index (χ0) is 56.9. The van der Waals surface area contributed by atoms with Crippen molar-refractivity contribution in [3.05, 3.63) is 24.3 Å². The van der Waals surface area contributed by atoms with Crippen LogP contribution in [0.3, 0.4) is 0 Å². The molecule has 3 atom stereocenters. The minimum atomic E-state index is -4.75. The molecule has 0 aliphatic carbocycles. The first-order chi connectivity index (χ1) is 38.2. The van der Waals surface area contributed by atoms with Gasteiger partial charge in [-0.1, -0.05) is 295 Å². The number of aliphatic hydroxyl groups excluding tert-OH is 1. The Hall–Kier alpha value is -2.04. The fraction of sp³-hybridized carbons (Fsp3) is 0.894. The van der Waals surface area contributed by atoms with E-state index in [0.717, 1.165) is 70.6 Å². The zero-order valence-corrected chi connectivity index (χ0v) is 52.1. The normalized spacial score (nSPS) is 13.3. The van der Waals surface area contributed by atoms with Gasteiger partial charge >= 0.3 is 25.7 Å². The molecular formula is C66H125O11P. The van der Waals surface area contributed by atoms with E-state index in [0.29, 0.717) is 19.3 Å². The quantitative estimate of drug-likeness (QED) is 0.0197. The molecular weight excluding hydrogens is 1000 g/mol. The van der Waals surface area contributed by atoms with Crippen molar-refractivity contribution >= 4 is 25.7 Å². The minimum absolute atomic E-state index is 0.169. The van der Waals surface area contributed by atoms with Crippen molar-refractivity contribution in [2.75, 3.05) is 26.4 Å². The molecule has 0 radical (unpaired) electrons. The third-order valence-corrected chi connectivity index (χ3v) is 15.8. The summed E-state index contributed by atoms with van der Waals surface area (Å²) in [6.07, 6.45) is 64.1. The second-order valence-corrected chi connectivity index (χ2v) is 24.1. The minimum Gasteiger partial charge on any atom is -0.462 e. The topological polar surface area (TPSA) is 155 Å². The number of carbonyl (C=O) groups excluding carboxylic acids is 3. The molecule has 0 aromatic rings. The molecule has 0 spiro atoms. The highest BCUT2D eigenvalue weighted by Crippen LogP contribution is 2.43. The lowest BCUT2D eigenvalue weighted by Crippen LogP contribution is -2.30. The predicted molar refractivity (Wildman–Crippen MR) is 326 cm³/mol. The van der Waals surface area contributed by atoms with Gasteiger partial charge in [-0.25, -0.2) is 4.57 Å². The van der Waals surface area contributed by atoms with E-state index >= 15 is 0 Å². The van der Waals surface area contributed by atoms with Crippen LogP contribution in [0, 0.1) is 0 Å². The van der Waals surface area contributed by atoms with Crippen LogP contribution >= 0.6 is 7.82 Å². The molecule has 0 aliphatic rings. The van der Waals surface area contributed by atoms with Gasteiger partial charge in [-0.2, -0.15) is 0 Å². The number of hydrogen-bond donors (Lipinski definition) is 2. The van der Waals surface area contributed by atoms with Gasteiger partial charge in [-0.3, -0.25) is 23.4 Å². The van der Waals surface area contributed by atoms with Crippen LogP contribution < -0.4 is 0 Å². The van der Waals surface area contributed by atoms with Gasteiger partial charge in [0.1, 0.15) is 12.7 Å². The molecule has 0 bridgehead atoms.